The van der Waals surface area contributed by atoms with E-state index in [0.29, 0.717) is 11.3 Å². The zero-order chi connectivity index (χ0) is 19.7. The standard InChI is InChI=1S/C21H24N2O4/c1-14-10-11-16-17(12-14)22-18(24)21(23-16,15-8-6-5-7-9-15)13-26-19(25)27-20(2,3)4/h5-12,23H,13H2,1-4H3,(H,22,24). The molecule has 2 aromatic rings. The SMILES string of the molecule is Cc1ccc2c(c1)NC(=O)C(COC(=O)OC(C)(C)C)(c1ccccc1)N2. The van der Waals surface area contributed by atoms with Gasteiger partial charge in [-0.2, -0.15) is 0 Å². The number of hydrogen-bond acceptors (Lipinski definition) is 5. The lowest BCUT2D eigenvalue weighted by atomic mass is 9.87. The van der Waals surface area contributed by atoms with Gasteiger partial charge in [0.25, 0.3) is 5.91 Å². The quantitative estimate of drug-likeness (QED) is 0.794. The Morgan fingerprint density at radius 1 is 1.07 bits per heavy atom. The van der Waals surface area contributed by atoms with Crippen LogP contribution in [0.15, 0.2) is 48.5 Å². The van der Waals surface area contributed by atoms with E-state index in [1.54, 1.807) is 20.8 Å². The molecule has 0 spiro atoms. The van der Waals surface area contributed by atoms with Crippen molar-refractivity contribution in [2.45, 2.75) is 38.8 Å². The molecule has 0 fully saturated rings. The summed E-state index contributed by atoms with van der Waals surface area (Å²) in [6, 6.07) is 14.9. The Balaban J connectivity index is 1.94. The van der Waals surface area contributed by atoms with Gasteiger partial charge < -0.3 is 20.1 Å². The zero-order valence-electron chi connectivity index (χ0n) is 16.0. The van der Waals surface area contributed by atoms with E-state index >= 15 is 0 Å². The second-order valence-electron chi connectivity index (χ2n) is 7.65. The normalized spacial score (nSPS) is 18.7. The fraction of sp³-hybridized carbons (Fsp3) is 0.333. The van der Waals surface area contributed by atoms with E-state index in [4.69, 9.17) is 9.47 Å². The summed E-state index contributed by atoms with van der Waals surface area (Å²) >= 11 is 0. The van der Waals surface area contributed by atoms with Gasteiger partial charge in [-0.05, 0) is 51.0 Å². The minimum atomic E-state index is -1.25. The molecule has 6 heteroatoms. The minimum absolute atomic E-state index is 0.203. The summed E-state index contributed by atoms with van der Waals surface area (Å²) < 4.78 is 10.5. The number of fused-ring (bicyclic) bond motifs is 1. The molecule has 1 unspecified atom stereocenters. The van der Waals surface area contributed by atoms with Crippen LogP contribution in [0.25, 0.3) is 0 Å². The molecule has 27 heavy (non-hydrogen) atoms. The molecular formula is C21H24N2O4. The number of ether oxygens (including phenoxy) is 2. The number of hydrogen-bond donors (Lipinski definition) is 2. The van der Waals surface area contributed by atoms with Gasteiger partial charge in [0.15, 0.2) is 5.54 Å². The molecule has 0 bridgehead atoms. The highest BCUT2D eigenvalue weighted by molar-refractivity contribution is 6.06. The van der Waals surface area contributed by atoms with Gasteiger partial charge in [0.2, 0.25) is 0 Å². The molecule has 2 aromatic carbocycles. The number of anilines is 2. The number of rotatable bonds is 3. The molecule has 6 nitrogen and oxygen atoms in total. The van der Waals surface area contributed by atoms with Crippen LogP contribution >= 0.6 is 0 Å². The van der Waals surface area contributed by atoms with Crippen molar-refractivity contribution < 1.29 is 19.1 Å². The molecule has 1 amide bonds. The van der Waals surface area contributed by atoms with Gasteiger partial charge in [0, 0.05) is 0 Å². The molecule has 0 saturated carbocycles. The van der Waals surface area contributed by atoms with Gasteiger partial charge in [-0.1, -0.05) is 36.4 Å². The van der Waals surface area contributed by atoms with Crippen LogP contribution < -0.4 is 10.6 Å². The van der Waals surface area contributed by atoms with Crippen molar-refractivity contribution in [3.05, 3.63) is 59.7 Å². The summed E-state index contributed by atoms with van der Waals surface area (Å²) in [5.41, 5.74) is 1.26. The molecule has 1 aliphatic heterocycles. The van der Waals surface area contributed by atoms with E-state index in [-0.39, 0.29) is 12.5 Å². The highest BCUT2D eigenvalue weighted by atomic mass is 16.7. The van der Waals surface area contributed by atoms with Crippen LogP contribution in [0.4, 0.5) is 16.2 Å². The molecule has 0 saturated heterocycles. The number of amides is 1. The summed E-state index contributed by atoms with van der Waals surface area (Å²) in [5, 5.41) is 6.21. The smallest absolute Gasteiger partial charge is 0.431 e. The molecule has 1 atom stereocenters. The first-order chi connectivity index (χ1) is 12.7. The van der Waals surface area contributed by atoms with E-state index < -0.39 is 17.3 Å². The maximum Gasteiger partial charge on any atom is 0.508 e. The number of nitrogens with one attached hydrogen (secondary N) is 2. The molecule has 1 aliphatic rings. The molecule has 2 N–H and O–H groups in total. The molecular weight excluding hydrogens is 344 g/mol. The van der Waals surface area contributed by atoms with Gasteiger partial charge in [-0.25, -0.2) is 4.79 Å². The lowest BCUT2D eigenvalue weighted by molar-refractivity contribution is -0.122. The predicted molar refractivity (Wildman–Crippen MR) is 104 cm³/mol. The monoisotopic (exact) mass is 368 g/mol. The topological polar surface area (TPSA) is 76.7 Å². The third-order valence-electron chi connectivity index (χ3n) is 4.22. The van der Waals surface area contributed by atoms with E-state index in [2.05, 4.69) is 10.6 Å². The van der Waals surface area contributed by atoms with Crippen molar-refractivity contribution in [3.8, 4) is 0 Å². The van der Waals surface area contributed by atoms with Crippen LogP contribution in [0.5, 0.6) is 0 Å². The third kappa shape index (κ3) is 4.05. The van der Waals surface area contributed by atoms with Crippen molar-refractivity contribution in [3.63, 3.8) is 0 Å². The molecule has 0 aromatic heterocycles. The van der Waals surface area contributed by atoms with Crippen molar-refractivity contribution in [1.29, 1.82) is 0 Å². The Bertz CT molecular complexity index is 858. The molecule has 0 aliphatic carbocycles. The number of benzene rings is 2. The van der Waals surface area contributed by atoms with Gasteiger partial charge >= 0.3 is 6.16 Å². The maximum atomic E-state index is 13.1. The van der Waals surface area contributed by atoms with E-state index in [1.165, 1.54) is 0 Å². The van der Waals surface area contributed by atoms with Gasteiger partial charge in [0.05, 0.1) is 11.4 Å². The Kier molecular flexibility index (Phi) is 4.83. The molecule has 0 radical (unpaired) electrons. The Morgan fingerprint density at radius 3 is 2.44 bits per heavy atom. The Labute approximate surface area is 158 Å². The largest absolute Gasteiger partial charge is 0.508 e. The lowest BCUT2D eigenvalue weighted by Gasteiger charge is -2.38. The van der Waals surface area contributed by atoms with Crippen LogP contribution in [0.3, 0.4) is 0 Å². The number of carbonyl (C=O) groups excluding carboxylic acids is 2. The fourth-order valence-corrected chi connectivity index (χ4v) is 2.94. The second-order valence-corrected chi connectivity index (χ2v) is 7.65. The number of carbonyl (C=O) groups is 2. The van der Waals surface area contributed by atoms with Crippen molar-refractivity contribution in [2.24, 2.45) is 0 Å². The summed E-state index contributed by atoms with van der Waals surface area (Å²) in [7, 11) is 0. The third-order valence-corrected chi connectivity index (χ3v) is 4.22. The van der Waals surface area contributed by atoms with Crippen LogP contribution in [0.1, 0.15) is 31.9 Å². The summed E-state index contributed by atoms with van der Waals surface area (Å²) in [5.74, 6) is -0.296. The highest BCUT2D eigenvalue weighted by Crippen LogP contribution is 2.37. The van der Waals surface area contributed by atoms with Crippen LogP contribution in [0.2, 0.25) is 0 Å². The molecule has 142 valence electrons. The number of aryl methyl sites for hydroxylation is 1. The average molecular weight is 368 g/mol. The zero-order valence-corrected chi connectivity index (χ0v) is 16.0. The van der Waals surface area contributed by atoms with Crippen molar-refractivity contribution in [2.75, 3.05) is 17.2 Å². The van der Waals surface area contributed by atoms with Crippen LogP contribution in [0, 0.1) is 6.92 Å². The summed E-state index contributed by atoms with van der Waals surface area (Å²) in [4.78, 5) is 25.2. The van der Waals surface area contributed by atoms with Gasteiger partial charge in [-0.3, -0.25) is 4.79 Å². The average Bonchev–Trinajstić information content (AvgIpc) is 2.59. The first kappa shape index (κ1) is 18.8. The Morgan fingerprint density at radius 2 is 1.78 bits per heavy atom. The predicted octanol–water partition coefficient (Wildman–Crippen LogP) is 4.21. The van der Waals surface area contributed by atoms with E-state index in [9.17, 15) is 9.59 Å². The van der Waals surface area contributed by atoms with E-state index in [1.807, 2.05) is 55.5 Å². The highest BCUT2D eigenvalue weighted by Gasteiger charge is 2.45. The minimum Gasteiger partial charge on any atom is -0.431 e. The summed E-state index contributed by atoms with van der Waals surface area (Å²) in [6.45, 7) is 7.02. The lowest BCUT2D eigenvalue weighted by Crippen LogP contribution is -2.53. The second kappa shape index (κ2) is 6.95. The van der Waals surface area contributed by atoms with Crippen LogP contribution in [-0.4, -0.2) is 24.3 Å². The maximum absolute atomic E-state index is 13.1. The molecule has 3 rings (SSSR count). The Hall–Kier alpha value is -3.02. The van der Waals surface area contributed by atoms with Gasteiger partial charge in [0.1, 0.15) is 12.2 Å². The van der Waals surface area contributed by atoms with E-state index in [0.717, 1.165) is 11.3 Å². The fourth-order valence-electron chi connectivity index (χ4n) is 2.94. The first-order valence-corrected chi connectivity index (χ1v) is 8.81. The molecule has 1 heterocycles. The van der Waals surface area contributed by atoms with Crippen molar-refractivity contribution in [1.82, 2.24) is 0 Å². The van der Waals surface area contributed by atoms with Gasteiger partial charge in [-0.15, -0.1) is 0 Å². The summed E-state index contributed by atoms with van der Waals surface area (Å²) in [6.07, 6.45) is -0.817. The van der Waals surface area contributed by atoms with Crippen LogP contribution in [-0.2, 0) is 19.8 Å². The first-order valence-electron chi connectivity index (χ1n) is 8.81. The van der Waals surface area contributed by atoms with Crippen molar-refractivity contribution >= 4 is 23.4 Å².